The molecule has 3 heterocycles. The van der Waals surface area contributed by atoms with Gasteiger partial charge >= 0.3 is 5.69 Å². The van der Waals surface area contributed by atoms with Gasteiger partial charge in [0.15, 0.2) is 5.65 Å². The highest BCUT2D eigenvalue weighted by Gasteiger charge is 2.30. The summed E-state index contributed by atoms with van der Waals surface area (Å²) in [5.74, 6) is 0. The summed E-state index contributed by atoms with van der Waals surface area (Å²) >= 11 is 0. The molecule has 102 valence electrons. The topological polar surface area (TPSA) is 62.8 Å². The number of rotatable bonds is 3. The highest BCUT2D eigenvalue weighted by atomic mass is 16.3. The molecule has 1 N–H and O–H groups in total. The Balaban J connectivity index is 1.72. The maximum atomic E-state index is 12.1. The fourth-order valence-corrected chi connectivity index (χ4v) is 2.58. The van der Waals surface area contributed by atoms with E-state index in [1.54, 1.807) is 10.6 Å². The quantitative estimate of drug-likeness (QED) is 0.842. The number of nitrogens with zero attached hydrogens (tertiary/aromatic N) is 4. The molecule has 2 aromatic rings. The molecule has 0 radical (unpaired) electrons. The second-order valence-electron chi connectivity index (χ2n) is 5.46. The first-order valence-corrected chi connectivity index (χ1v) is 6.54. The number of hydrogen-bond acceptors (Lipinski definition) is 4. The van der Waals surface area contributed by atoms with Gasteiger partial charge in [-0.25, -0.2) is 9.48 Å². The first kappa shape index (κ1) is 12.4. The van der Waals surface area contributed by atoms with Crippen LogP contribution in [0.5, 0.6) is 0 Å². The zero-order valence-corrected chi connectivity index (χ0v) is 11.0. The van der Waals surface area contributed by atoms with Crippen LogP contribution in [0.25, 0.3) is 5.65 Å². The average molecular weight is 262 g/mol. The lowest BCUT2D eigenvalue weighted by atomic mass is 10.1. The Bertz CT molecular complexity index is 643. The third-order valence-corrected chi connectivity index (χ3v) is 3.65. The van der Waals surface area contributed by atoms with E-state index < -0.39 is 5.60 Å². The van der Waals surface area contributed by atoms with Gasteiger partial charge in [0.1, 0.15) is 0 Å². The summed E-state index contributed by atoms with van der Waals surface area (Å²) in [7, 11) is 0. The van der Waals surface area contributed by atoms with E-state index in [1.165, 1.54) is 4.68 Å². The van der Waals surface area contributed by atoms with Crippen LogP contribution >= 0.6 is 0 Å². The molecule has 0 spiro atoms. The molecule has 19 heavy (non-hydrogen) atoms. The zero-order valence-electron chi connectivity index (χ0n) is 11.0. The van der Waals surface area contributed by atoms with Crippen molar-refractivity contribution in [1.82, 2.24) is 19.1 Å². The van der Waals surface area contributed by atoms with Gasteiger partial charge in [0.25, 0.3) is 0 Å². The lowest BCUT2D eigenvalue weighted by Crippen LogP contribution is -2.33. The van der Waals surface area contributed by atoms with Crippen molar-refractivity contribution in [2.45, 2.75) is 25.5 Å². The predicted molar refractivity (Wildman–Crippen MR) is 71.1 cm³/mol. The standard InChI is InChI=1S/C13H18N4O2/c1-13(19)5-7-15(10-13)8-9-17-12(18)16-6-3-2-4-11(16)14-17/h2-4,6,19H,5,7-10H2,1H3. The van der Waals surface area contributed by atoms with Crippen LogP contribution in [0.15, 0.2) is 29.2 Å². The molecule has 6 heteroatoms. The number of pyridine rings is 1. The summed E-state index contributed by atoms with van der Waals surface area (Å²) in [6.07, 6.45) is 2.51. The molecule has 3 rings (SSSR count). The fraction of sp³-hybridized carbons (Fsp3) is 0.538. The molecule has 2 aromatic heterocycles. The Kier molecular flexibility index (Phi) is 2.91. The highest BCUT2D eigenvalue weighted by Crippen LogP contribution is 2.19. The third kappa shape index (κ3) is 2.41. The van der Waals surface area contributed by atoms with Gasteiger partial charge in [0.05, 0.1) is 12.1 Å². The van der Waals surface area contributed by atoms with Gasteiger partial charge in [-0.1, -0.05) is 6.07 Å². The van der Waals surface area contributed by atoms with E-state index in [-0.39, 0.29) is 5.69 Å². The van der Waals surface area contributed by atoms with Gasteiger partial charge in [-0.15, -0.1) is 5.10 Å². The summed E-state index contributed by atoms with van der Waals surface area (Å²) in [6, 6.07) is 5.50. The second kappa shape index (κ2) is 4.47. The first-order chi connectivity index (χ1) is 9.05. The summed E-state index contributed by atoms with van der Waals surface area (Å²) in [5, 5.41) is 14.2. The van der Waals surface area contributed by atoms with Gasteiger partial charge in [0, 0.05) is 25.8 Å². The monoisotopic (exact) mass is 262 g/mol. The van der Waals surface area contributed by atoms with E-state index in [4.69, 9.17) is 0 Å². The van der Waals surface area contributed by atoms with Crippen molar-refractivity contribution in [3.63, 3.8) is 0 Å². The van der Waals surface area contributed by atoms with Crippen LogP contribution < -0.4 is 5.69 Å². The van der Waals surface area contributed by atoms with Crippen molar-refractivity contribution in [1.29, 1.82) is 0 Å². The minimum atomic E-state index is -0.593. The van der Waals surface area contributed by atoms with Crippen molar-refractivity contribution in [2.24, 2.45) is 0 Å². The Morgan fingerprint density at radius 1 is 1.42 bits per heavy atom. The zero-order chi connectivity index (χ0) is 13.5. The highest BCUT2D eigenvalue weighted by molar-refractivity contribution is 5.35. The number of aliphatic hydroxyl groups is 1. The van der Waals surface area contributed by atoms with Crippen LogP contribution in [0.1, 0.15) is 13.3 Å². The molecule has 0 bridgehead atoms. The molecule has 1 aliphatic heterocycles. The Labute approximate surface area is 110 Å². The van der Waals surface area contributed by atoms with E-state index in [0.29, 0.717) is 18.7 Å². The number of aromatic nitrogens is 3. The molecule has 1 aliphatic rings. The van der Waals surface area contributed by atoms with Crippen molar-refractivity contribution < 1.29 is 5.11 Å². The van der Waals surface area contributed by atoms with Crippen molar-refractivity contribution in [2.75, 3.05) is 19.6 Å². The van der Waals surface area contributed by atoms with Gasteiger partial charge in [-0.2, -0.15) is 0 Å². The summed E-state index contributed by atoms with van der Waals surface area (Å²) in [5.41, 5.74) is -0.0355. The van der Waals surface area contributed by atoms with Crippen LogP contribution in [-0.2, 0) is 6.54 Å². The molecule has 0 aliphatic carbocycles. The number of β-amino-alcohol motifs (C(OH)–C–C–N with tert-alkyl or cyclic N) is 1. The lowest BCUT2D eigenvalue weighted by molar-refractivity contribution is 0.0682. The number of likely N-dealkylation sites (tertiary alicyclic amines) is 1. The van der Waals surface area contributed by atoms with Crippen molar-refractivity contribution >= 4 is 5.65 Å². The van der Waals surface area contributed by atoms with Crippen LogP contribution in [0.4, 0.5) is 0 Å². The van der Waals surface area contributed by atoms with Crippen LogP contribution in [0.3, 0.4) is 0 Å². The SMILES string of the molecule is CC1(O)CCN(CCn2nc3ccccn3c2=O)C1. The Hall–Kier alpha value is -1.66. The third-order valence-electron chi connectivity index (χ3n) is 3.65. The summed E-state index contributed by atoms with van der Waals surface area (Å²) in [4.78, 5) is 14.2. The van der Waals surface area contributed by atoms with Gasteiger partial charge in [0.2, 0.25) is 0 Å². The van der Waals surface area contributed by atoms with Crippen LogP contribution in [0, 0.1) is 0 Å². The van der Waals surface area contributed by atoms with Crippen LogP contribution in [0.2, 0.25) is 0 Å². The van der Waals surface area contributed by atoms with E-state index >= 15 is 0 Å². The van der Waals surface area contributed by atoms with Crippen LogP contribution in [-0.4, -0.2) is 49.4 Å². The van der Waals surface area contributed by atoms with Gasteiger partial charge in [-0.05, 0) is 25.5 Å². The molecule has 6 nitrogen and oxygen atoms in total. The number of hydrogen-bond donors (Lipinski definition) is 1. The molecular formula is C13H18N4O2. The summed E-state index contributed by atoms with van der Waals surface area (Å²) in [6.45, 7) is 4.67. The van der Waals surface area contributed by atoms with Gasteiger partial charge in [-0.3, -0.25) is 9.30 Å². The summed E-state index contributed by atoms with van der Waals surface area (Å²) < 4.78 is 3.03. The largest absolute Gasteiger partial charge is 0.389 e. The molecule has 1 atom stereocenters. The molecule has 1 saturated heterocycles. The van der Waals surface area contributed by atoms with E-state index in [9.17, 15) is 9.90 Å². The first-order valence-electron chi connectivity index (χ1n) is 6.54. The maximum Gasteiger partial charge on any atom is 0.350 e. The molecule has 0 amide bonds. The fourth-order valence-electron chi connectivity index (χ4n) is 2.58. The number of fused-ring (bicyclic) bond motifs is 1. The van der Waals surface area contributed by atoms with Crippen molar-refractivity contribution in [3.8, 4) is 0 Å². The Morgan fingerprint density at radius 3 is 2.95 bits per heavy atom. The predicted octanol–water partition coefficient (Wildman–Crippen LogP) is -0.0473. The minimum Gasteiger partial charge on any atom is -0.389 e. The lowest BCUT2D eigenvalue weighted by Gasteiger charge is -2.18. The molecule has 1 unspecified atom stereocenters. The smallest absolute Gasteiger partial charge is 0.350 e. The molecule has 0 aromatic carbocycles. The molecule has 0 saturated carbocycles. The van der Waals surface area contributed by atoms with E-state index in [2.05, 4.69) is 10.00 Å². The second-order valence-corrected chi connectivity index (χ2v) is 5.46. The van der Waals surface area contributed by atoms with Crippen molar-refractivity contribution in [3.05, 3.63) is 34.9 Å². The average Bonchev–Trinajstić information content (AvgIpc) is 2.88. The molecular weight excluding hydrogens is 244 g/mol. The van der Waals surface area contributed by atoms with E-state index in [0.717, 1.165) is 19.5 Å². The van der Waals surface area contributed by atoms with Gasteiger partial charge < -0.3 is 5.11 Å². The Morgan fingerprint density at radius 2 is 2.26 bits per heavy atom. The minimum absolute atomic E-state index is 0.110. The van der Waals surface area contributed by atoms with E-state index in [1.807, 2.05) is 25.1 Å². The molecule has 1 fully saturated rings. The normalized spacial score (nSPS) is 24.3. The maximum absolute atomic E-state index is 12.1.